The number of aromatic nitrogens is 4. The van der Waals surface area contributed by atoms with Gasteiger partial charge in [-0.3, -0.25) is 14.2 Å². The minimum Gasteiger partial charge on any atom is -0.340 e. The minimum atomic E-state index is -3.61. The Morgan fingerprint density at radius 1 is 1.10 bits per heavy atom. The smallest absolute Gasteiger partial charge is 0.246 e. The van der Waals surface area contributed by atoms with Crippen molar-refractivity contribution in [2.75, 3.05) is 26.2 Å². The van der Waals surface area contributed by atoms with Gasteiger partial charge in [0.1, 0.15) is 4.90 Å². The number of carbonyl (C=O) groups excluding carboxylic acids is 1. The standard InChI is InChI=1S/C18H27ClN6O3S/c1-5-23-12-16(13(2)20-23)29(27,28)24-10-8-22(9-11-24)17(26)6-7-25-15(4)18(19)14(3)21-25/h12H,5-11H2,1-4H3. The van der Waals surface area contributed by atoms with Gasteiger partial charge in [-0.15, -0.1) is 0 Å². The molecule has 0 saturated carbocycles. The molecule has 11 heteroatoms. The van der Waals surface area contributed by atoms with Crippen LogP contribution in [0.15, 0.2) is 11.1 Å². The summed E-state index contributed by atoms with van der Waals surface area (Å²) in [5.74, 6) is -0.0132. The molecule has 1 aliphatic heterocycles. The third-order valence-electron chi connectivity index (χ3n) is 5.27. The summed E-state index contributed by atoms with van der Waals surface area (Å²) in [5, 5.41) is 9.19. The molecule has 0 aliphatic carbocycles. The Balaban J connectivity index is 1.58. The van der Waals surface area contributed by atoms with Crippen LogP contribution >= 0.6 is 11.6 Å². The lowest BCUT2D eigenvalue weighted by Crippen LogP contribution is -2.50. The highest BCUT2D eigenvalue weighted by molar-refractivity contribution is 7.89. The third kappa shape index (κ3) is 4.34. The second-order valence-corrected chi connectivity index (χ2v) is 9.46. The monoisotopic (exact) mass is 442 g/mol. The fourth-order valence-electron chi connectivity index (χ4n) is 3.48. The van der Waals surface area contributed by atoms with E-state index >= 15 is 0 Å². The van der Waals surface area contributed by atoms with Crippen molar-refractivity contribution in [1.82, 2.24) is 28.8 Å². The maximum absolute atomic E-state index is 12.9. The van der Waals surface area contributed by atoms with Crippen LogP contribution in [0.3, 0.4) is 0 Å². The first-order valence-electron chi connectivity index (χ1n) is 9.66. The highest BCUT2D eigenvalue weighted by Gasteiger charge is 2.32. The molecule has 0 atom stereocenters. The number of amides is 1. The second kappa shape index (κ2) is 8.45. The van der Waals surface area contributed by atoms with Crippen molar-refractivity contribution >= 4 is 27.5 Å². The molecule has 29 heavy (non-hydrogen) atoms. The van der Waals surface area contributed by atoms with E-state index in [-0.39, 0.29) is 23.9 Å². The Labute approximate surface area is 176 Å². The van der Waals surface area contributed by atoms with Crippen LogP contribution < -0.4 is 0 Å². The molecule has 1 aliphatic rings. The lowest BCUT2D eigenvalue weighted by molar-refractivity contribution is -0.132. The van der Waals surface area contributed by atoms with Gasteiger partial charge in [0, 0.05) is 45.3 Å². The summed E-state index contributed by atoms with van der Waals surface area (Å²) in [7, 11) is -3.61. The van der Waals surface area contributed by atoms with Crippen LogP contribution in [0.4, 0.5) is 0 Å². The molecule has 0 radical (unpaired) electrons. The van der Waals surface area contributed by atoms with Gasteiger partial charge in [0.15, 0.2) is 0 Å². The number of sulfonamides is 1. The number of aryl methyl sites for hydroxylation is 4. The van der Waals surface area contributed by atoms with Crippen LogP contribution in [-0.4, -0.2) is 69.3 Å². The molecule has 3 heterocycles. The van der Waals surface area contributed by atoms with Gasteiger partial charge in [-0.1, -0.05) is 11.6 Å². The van der Waals surface area contributed by atoms with Crippen LogP contribution in [0.5, 0.6) is 0 Å². The summed E-state index contributed by atoms with van der Waals surface area (Å²) in [6.07, 6.45) is 1.87. The van der Waals surface area contributed by atoms with E-state index in [1.54, 1.807) is 27.4 Å². The fraction of sp³-hybridized carbons (Fsp3) is 0.611. The first-order valence-corrected chi connectivity index (χ1v) is 11.5. The molecule has 0 aromatic carbocycles. The summed E-state index contributed by atoms with van der Waals surface area (Å²) in [4.78, 5) is 14.5. The van der Waals surface area contributed by atoms with Crippen molar-refractivity contribution in [3.63, 3.8) is 0 Å². The average Bonchev–Trinajstić information content (AvgIpc) is 3.21. The molecular weight excluding hydrogens is 416 g/mol. The normalized spacial score (nSPS) is 15.8. The van der Waals surface area contributed by atoms with E-state index < -0.39 is 10.0 Å². The van der Waals surface area contributed by atoms with E-state index in [0.717, 1.165) is 11.4 Å². The molecule has 1 saturated heterocycles. The highest BCUT2D eigenvalue weighted by Crippen LogP contribution is 2.21. The molecule has 160 valence electrons. The predicted octanol–water partition coefficient (Wildman–Crippen LogP) is 1.60. The van der Waals surface area contributed by atoms with Gasteiger partial charge in [-0.25, -0.2) is 8.42 Å². The molecule has 9 nitrogen and oxygen atoms in total. The third-order valence-corrected chi connectivity index (χ3v) is 7.81. The lowest BCUT2D eigenvalue weighted by atomic mass is 10.3. The molecule has 2 aromatic rings. The molecule has 0 bridgehead atoms. The van der Waals surface area contributed by atoms with Gasteiger partial charge in [-0.05, 0) is 27.7 Å². The van der Waals surface area contributed by atoms with Gasteiger partial charge in [0.25, 0.3) is 0 Å². The van der Waals surface area contributed by atoms with Crippen LogP contribution in [0.2, 0.25) is 5.02 Å². The van der Waals surface area contributed by atoms with E-state index in [9.17, 15) is 13.2 Å². The van der Waals surface area contributed by atoms with Crippen molar-refractivity contribution in [2.24, 2.45) is 0 Å². The Kier molecular flexibility index (Phi) is 6.35. The number of nitrogens with zero attached hydrogens (tertiary/aromatic N) is 6. The minimum absolute atomic E-state index is 0.0132. The zero-order chi connectivity index (χ0) is 21.3. The van der Waals surface area contributed by atoms with E-state index in [4.69, 9.17) is 11.6 Å². The van der Waals surface area contributed by atoms with Crippen molar-refractivity contribution < 1.29 is 13.2 Å². The topological polar surface area (TPSA) is 93.3 Å². The molecule has 2 aromatic heterocycles. The van der Waals surface area contributed by atoms with Gasteiger partial charge in [0.2, 0.25) is 15.9 Å². The number of hydrogen-bond donors (Lipinski definition) is 0. The summed E-state index contributed by atoms with van der Waals surface area (Å²) in [6.45, 7) is 9.67. The van der Waals surface area contributed by atoms with E-state index in [2.05, 4.69) is 10.2 Å². The van der Waals surface area contributed by atoms with Gasteiger partial charge < -0.3 is 4.90 Å². The number of carbonyl (C=O) groups is 1. The van der Waals surface area contributed by atoms with Crippen LogP contribution in [0.25, 0.3) is 0 Å². The zero-order valence-electron chi connectivity index (χ0n) is 17.2. The number of rotatable bonds is 6. The quantitative estimate of drug-likeness (QED) is 0.677. The Hall–Kier alpha value is -1.91. The summed E-state index contributed by atoms with van der Waals surface area (Å²) < 4.78 is 30.7. The maximum atomic E-state index is 12.9. The van der Waals surface area contributed by atoms with Gasteiger partial charge in [-0.2, -0.15) is 14.5 Å². The van der Waals surface area contributed by atoms with Crippen LogP contribution in [-0.2, 0) is 27.9 Å². The molecule has 1 fully saturated rings. The Bertz CT molecular complexity index is 1010. The van der Waals surface area contributed by atoms with Crippen molar-refractivity contribution in [3.8, 4) is 0 Å². The van der Waals surface area contributed by atoms with Crippen molar-refractivity contribution in [2.45, 2.75) is 52.1 Å². The maximum Gasteiger partial charge on any atom is 0.246 e. The van der Waals surface area contributed by atoms with E-state index in [0.29, 0.717) is 43.3 Å². The molecule has 0 unspecified atom stereocenters. The van der Waals surface area contributed by atoms with Gasteiger partial charge >= 0.3 is 0 Å². The molecule has 1 amide bonds. The first kappa shape index (κ1) is 21.8. The number of halogens is 1. The van der Waals surface area contributed by atoms with Crippen molar-refractivity contribution in [3.05, 3.63) is 28.3 Å². The lowest BCUT2D eigenvalue weighted by Gasteiger charge is -2.34. The van der Waals surface area contributed by atoms with E-state index in [1.807, 2.05) is 20.8 Å². The molecular formula is C18H27ClN6O3S. The van der Waals surface area contributed by atoms with Crippen LogP contribution in [0.1, 0.15) is 30.4 Å². The van der Waals surface area contributed by atoms with Gasteiger partial charge in [0.05, 0.1) is 28.6 Å². The second-order valence-electron chi connectivity index (χ2n) is 7.18. The largest absolute Gasteiger partial charge is 0.340 e. The number of hydrogen-bond acceptors (Lipinski definition) is 5. The number of piperazine rings is 1. The highest BCUT2D eigenvalue weighted by atomic mass is 35.5. The summed E-state index contributed by atoms with van der Waals surface area (Å²) in [5.41, 5.74) is 2.09. The SMILES string of the molecule is CCn1cc(S(=O)(=O)N2CCN(C(=O)CCn3nc(C)c(Cl)c3C)CC2)c(C)n1. The first-order chi connectivity index (χ1) is 13.6. The zero-order valence-corrected chi connectivity index (χ0v) is 18.8. The Morgan fingerprint density at radius 2 is 1.76 bits per heavy atom. The fourth-order valence-corrected chi connectivity index (χ4v) is 5.21. The Morgan fingerprint density at radius 3 is 2.28 bits per heavy atom. The summed E-state index contributed by atoms with van der Waals surface area (Å²) in [6, 6.07) is 0. The molecule has 0 spiro atoms. The predicted molar refractivity (Wildman–Crippen MR) is 109 cm³/mol. The molecule has 3 rings (SSSR count). The van der Waals surface area contributed by atoms with Crippen LogP contribution in [0, 0.1) is 20.8 Å². The van der Waals surface area contributed by atoms with E-state index in [1.165, 1.54) is 4.31 Å². The van der Waals surface area contributed by atoms with Crippen molar-refractivity contribution in [1.29, 1.82) is 0 Å². The summed E-state index contributed by atoms with van der Waals surface area (Å²) >= 11 is 6.15. The molecule has 0 N–H and O–H groups in total. The average molecular weight is 443 g/mol.